The van der Waals surface area contributed by atoms with Gasteiger partial charge < -0.3 is 10.2 Å². The van der Waals surface area contributed by atoms with Gasteiger partial charge in [0.25, 0.3) is 5.91 Å². The van der Waals surface area contributed by atoms with E-state index in [2.05, 4.69) is 5.32 Å². The number of carbonyl (C=O) groups is 3. The average molecular weight is 367 g/mol. The molecule has 0 spiro atoms. The van der Waals surface area contributed by atoms with E-state index in [1.807, 2.05) is 0 Å². The van der Waals surface area contributed by atoms with Crippen molar-refractivity contribution >= 4 is 40.3 Å². The summed E-state index contributed by atoms with van der Waals surface area (Å²) in [7, 11) is 0. The molecule has 1 aromatic carbocycles. The molecule has 0 aliphatic carbocycles. The molecule has 2 saturated heterocycles. The Morgan fingerprint density at radius 1 is 1.12 bits per heavy atom. The number of benzene rings is 1. The van der Waals surface area contributed by atoms with Crippen LogP contribution >= 0.6 is 23.4 Å². The molecule has 1 aromatic rings. The van der Waals surface area contributed by atoms with Crippen LogP contribution in [0.25, 0.3) is 0 Å². The topological polar surface area (TPSA) is 66.5 Å². The monoisotopic (exact) mass is 366 g/mol. The fourth-order valence-electron chi connectivity index (χ4n) is 3.04. The summed E-state index contributed by atoms with van der Waals surface area (Å²) in [6.45, 7) is 1.10. The molecule has 7 heteroatoms. The predicted molar refractivity (Wildman–Crippen MR) is 94.1 cm³/mol. The molecule has 2 heterocycles. The molecule has 1 N–H and O–H groups in total. The summed E-state index contributed by atoms with van der Waals surface area (Å²) >= 11 is 7.12. The van der Waals surface area contributed by atoms with E-state index in [1.165, 1.54) is 11.8 Å². The van der Waals surface area contributed by atoms with Crippen LogP contribution in [0, 0.1) is 5.92 Å². The Bertz CT molecular complexity index is 642. The van der Waals surface area contributed by atoms with Crippen LogP contribution < -0.4 is 5.32 Å². The van der Waals surface area contributed by atoms with E-state index in [4.69, 9.17) is 11.6 Å². The van der Waals surface area contributed by atoms with Gasteiger partial charge in [0, 0.05) is 35.3 Å². The molecule has 3 rings (SSSR count). The number of piperidine rings is 1. The van der Waals surface area contributed by atoms with Gasteiger partial charge in [-0.15, -0.1) is 0 Å². The van der Waals surface area contributed by atoms with Gasteiger partial charge in [0.05, 0.1) is 6.04 Å². The highest BCUT2D eigenvalue weighted by Crippen LogP contribution is 2.23. The summed E-state index contributed by atoms with van der Waals surface area (Å²) in [4.78, 5) is 38.1. The van der Waals surface area contributed by atoms with Gasteiger partial charge >= 0.3 is 0 Å². The summed E-state index contributed by atoms with van der Waals surface area (Å²) in [5, 5.41) is 3.51. The Labute approximate surface area is 150 Å². The minimum absolute atomic E-state index is 0.0344. The van der Waals surface area contributed by atoms with Gasteiger partial charge in [-0.25, -0.2) is 0 Å². The van der Waals surface area contributed by atoms with Crippen molar-refractivity contribution in [3.63, 3.8) is 0 Å². The SMILES string of the molecule is O=C(NC1CCSC1=O)C1CCN(C(=O)c2ccc(Cl)cc2)CC1. The maximum Gasteiger partial charge on any atom is 0.253 e. The van der Waals surface area contributed by atoms with E-state index in [0.29, 0.717) is 42.9 Å². The van der Waals surface area contributed by atoms with E-state index in [0.717, 1.165) is 5.75 Å². The standard InChI is InChI=1S/C17H19ClN2O3S/c18-13-3-1-12(2-4-13)16(22)20-8-5-11(6-9-20)15(21)19-14-7-10-24-17(14)23/h1-4,11,14H,5-10H2,(H,19,21). The van der Waals surface area contributed by atoms with Crippen LogP contribution in [0.1, 0.15) is 29.6 Å². The maximum atomic E-state index is 12.4. The lowest BCUT2D eigenvalue weighted by Crippen LogP contribution is -2.46. The van der Waals surface area contributed by atoms with Crippen LogP contribution in [-0.4, -0.2) is 46.7 Å². The van der Waals surface area contributed by atoms with Gasteiger partial charge in [-0.3, -0.25) is 14.4 Å². The lowest BCUT2D eigenvalue weighted by Gasteiger charge is -2.31. The van der Waals surface area contributed by atoms with Crippen molar-refractivity contribution in [1.29, 1.82) is 0 Å². The molecule has 2 amide bonds. The third-order valence-corrected chi connectivity index (χ3v) is 5.76. The fourth-order valence-corrected chi connectivity index (χ4v) is 4.09. The van der Waals surface area contributed by atoms with Crippen LogP contribution in [0.4, 0.5) is 0 Å². The van der Waals surface area contributed by atoms with Crippen molar-refractivity contribution < 1.29 is 14.4 Å². The average Bonchev–Trinajstić information content (AvgIpc) is 3.00. The largest absolute Gasteiger partial charge is 0.345 e. The first kappa shape index (κ1) is 17.3. The predicted octanol–water partition coefficient (Wildman–Crippen LogP) is 2.34. The molecule has 0 bridgehead atoms. The van der Waals surface area contributed by atoms with Crippen LogP contribution in [-0.2, 0) is 9.59 Å². The molecular weight excluding hydrogens is 348 g/mol. The molecule has 2 fully saturated rings. The second kappa shape index (κ2) is 7.57. The van der Waals surface area contributed by atoms with Crippen molar-refractivity contribution in [3.8, 4) is 0 Å². The number of nitrogens with zero attached hydrogens (tertiary/aromatic N) is 1. The molecule has 1 unspecified atom stereocenters. The minimum Gasteiger partial charge on any atom is -0.345 e. The normalized spacial score (nSPS) is 21.8. The van der Waals surface area contributed by atoms with E-state index in [9.17, 15) is 14.4 Å². The smallest absolute Gasteiger partial charge is 0.253 e. The van der Waals surface area contributed by atoms with Crippen molar-refractivity contribution in [3.05, 3.63) is 34.9 Å². The summed E-state index contributed by atoms with van der Waals surface area (Å²) in [6.07, 6.45) is 1.96. The zero-order valence-electron chi connectivity index (χ0n) is 13.2. The third-order valence-electron chi connectivity index (χ3n) is 4.50. The first-order valence-corrected chi connectivity index (χ1v) is 9.43. The van der Waals surface area contributed by atoms with Gasteiger partial charge in [0.1, 0.15) is 0 Å². The van der Waals surface area contributed by atoms with Crippen molar-refractivity contribution in [1.82, 2.24) is 10.2 Å². The van der Waals surface area contributed by atoms with E-state index in [-0.39, 0.29) is 28.9 Å². The molecular formula is C17H19ClN2O3S. The van der Waals surface area contributed by atoms with Crippen molar-refractivity contribution in [2.75, 3.05) is 18.8 Å². The molecule has 1 atom stereocenters. The number of amides is 2. The molecule has 0 aromatic heterocycles. The highest BCUT2D eigenvalue weighted by atomic mass is 35.5. The fraction of sp³-hybridized carbons (Fsp3) is 0.471. The van der Waals surface area contributed by atoms with Gasteiger partial charge in [0.15, 0.2) is 0 Å². The zero-order valence-corrected chi connectivity index (χ0v) is 14.7. The maximum absolute atomic E-state index is 12.4. The lowest BCUT2D eigenvalue weighted by atomic mass is 9.95. The minimum atomic E-state index is -0.337. The van der Waals surface area contributed by atoms with Crippen molar-refractivity contribution in [2.24, 2.45) is 5.92 Å². The van der Waals surface area contributed by atoms with Gasteiger partial charge in [-0.2, -0.15) is 0 Å². The van der Waals surface area contributed by atoms with E-state index < -0.39 is 0 Å². The van der Waals surface area contributed by atoms with Gasteiger partial charge in [0.2, 0.25) is 11.0 Å². The molecule has 5 nitrogen and oxygen atoms in total. The summed E-state index contributed by atoms with van der Waals surface area (Å²) < 4.78 is 0. The molecule has 2 aliphatic heterocycles. The second-order valence-electron chi connectivity index (χ2n) is 6.09. The Morgan fingerprint density at radius 2 is 1.79 bits per heavy atom. The number of carbonyl (C=O) groups excluding carboxylic acids is 3. The summed E-state index contributed by atoms with van der Waals surface area (Å²) in [6, 6.07) is 6.49. The number of rotatable bonds is 3. The van der Waals surface area contributed by atoms with Crippen LogP contribution in [0.2, 0.25) is 5.02 Å². The van der Waals surface area contributed by atoms with Gasteiger partial charge in [-0.05, 0) is 43.5 Å². The molecule has 0 saturated carbocycles. The summed E-state index contributed by atoms with van der Waals surface area (Å²) in [5.41, 5.74) is 0.607. The molecule has 128 valence electrons. The number of thioether (sulfide) groups is 1. The first-order valence-electron chi connectivity index (χ1n) is 8.06. The van der Waals surface area contributed by atoms with Crippen molar-refractivity contribution in [2.45, 2.75) is 25.3 Å². The lowest BCUT2D eigenvalue weighted by molar-refractivity contribution is -0.129. The quantitative estimate of drug-likeness (QED) is 0.891. The number of likely N-dealkylation sites (tertiary alicyclic amines) is 1. The Balaban J connectivity index is 1.51. The molecule has 2 aliphatic rings. The number of hydrogen-bond donors (Lipinski definition) is 1. The van der Waals surface area contributed by atoms with Crippen LogP contribution in [0.15, 0.2) is 24.3 Å². The molecule has 0 radical (unpaired) electrons. The Kier molecular flexibility index (Phi) is 5.46. The highest BCUT2D eigenvalue weighted by Gasteiger charge is 2.32. The van der Waals surface area contributed by atoms with Gasteiger partial charge in [-0.1, -0.05) is 23.4 Å². The zero-order chi connectivity index (χ0) is 17.1. The van der Waals surface area contributed by atoms with Crippen LogP contribution in [0.5, 0.6) is 0 Å². The number of nitrogens with one attached hydrogen (secondary N) is 1. The highest BCUT2D eigenvalue weighted by molar-refractivity contribution is 8.14. The second-order valence-corrected chi connectivity index (χ2v) is 7.63. The number of halogens is 1. The Hall–Kier alpha value is -1.53. The van der Waals surface area contributed by atoms with E-state index in [1.54, 1.807) is 29.2 Å². The number of hydrogen-bond acceptors (Lipinski definition) is 4. The Morgan fingerprint density at radius 3 is 2.38 bits per heavy atom. The molecule has 24 heavy (non-hydrogen) atoms. The van der Waals surface area contributed by atoms with E-state index >= 15 is 0 Å². The van der Waals surface area contributed by atoms with Crippen LogP contribution in [0.3, 0.4) is 0 Å². The third kappa shape index (κ3) is 3.92. The summed E-state index contributed by atoms with van der Waals surface area (Å²) in [5.74, 6) is 0.553. The first-order chi connectivity index (χ1) is 11.5.